The molecule has 1 aliphatic heterocycles. The number of hydrogen-bond donors (Lipinski definition) is 1. The maximum Gasteiger partial charge on any atom is 0.354 e. The van der Waals surface area contributed by atoms with E-state index in [-0.39, 0.29) is 17.5 Å². The fraction of sp³-hybridized carbons (Fsp3) is 0.583. The van der Waals surface area contributed by atoms with Crippen LogP contribution in [0.25, 0.3) is 0 Å². The number of carbonyl (C=O) groups is 2. The third-order valence-corrected chi connectivity index (χ3v) is 3.20. The van der Waals surface area contributed by atoms with Crippen molar-refractivity contribution in [3.05, 3.63) is 17.0 Å². The Morgan fingerprint density at radius 1 is 1.39 bits per heavy atom. The van der Waals surface area contributed by atoms with Crippen LogP contribution < -0.4 is 0 Å². The van der Waals surface area contributed by atoms with Gasteiger partial charge in [0.2, 0.25) is 5.91 Å². The summed E-state index contributed by atoms with van der Waals surface area (Å²) >= 11 is 0. The summed E-state index contributed by atoms with van der Waals surface area (Å²) in [7, 11) is 1.62. The Kier molecular flexibility index (Phi) is 3.11. The monoisotopic (exact) mass is 251 g/mol. The van der Waals surface area contributed by atoms with Crippen LogP contribution in [0.4, 0.5) is 0 Å². The van der Waals surface area contributed by atoms with Gasteiger partial charge in [0.25, 0.3) is 0 Å². The first-order valence-electron chi connectivity index (χ1n) is 5.98. The molecular weight excluding hydrogens is 234 g/mol. The predicted octanol–water partition coefficient (Wildman–Crippen LogP) is 0.659. The van der Waals surface area contributed by atoms with E-state index in [4.69, 9.17) is 0 Å². The Bertz CT molecular complexity index is 505. The Morgan fingerprint density at radius 2 is 2.06 bits per heavy atom. The van der Waals surface area contributed by atoms with Gasteiger partial charge in [-0.2, -0.15) is 5.10 Å². The molecule has 6 heteroatoms. The second-order valence-electron chi connectivity index (χ2n) is 4.87. The molecule has 0 fully saturated rings. The number of aromatic carboxylic acids is 1. The number of aryl methyl sites for hydroxylation is 1. The molecule has 1 amide bonds. The SMILES string of the molecule is CC(C)C(=O)N1CCc2nn(C)c(C(=O)O)c2C1. The van der Waals surface area contributed by atoms with Crippen molar-refractivity contribution in [3.8, 4) is 0 Å². The summed E-state index contributed by atoms with van der Waals surface area (Å²) in [6.45, 7) is 4.65. The lowest BCUT2D eigenvalue weighted by Gasteiger charge is -2.28. The molecule has 1 aliphatic rings. The van der Waals surface area contributed by atoms with E-state index in [1.54, 1.807) is 11.9 Å². The average Bonchev–Trinajstić information content (AvgIpc) is 2.62. The lowest BCUT2D eigenvalue weighted by Crippen LogP contribution is -2.38. The molecule has 0 atom stereocenters. The molecule has 0 unspecified atom stereocenters. The molecule has 0 aliphatic carbocycles. The largest absolute Gasteiger partial charge is 0.477 e. The fourth-order valence-electron chi connectivity index (χ4n) is 2.32. The van der Waals surface area contributed by atoms with Gasteiger partial charge in [-0.3, -0.25) is 9.48 Å². The van der Waals surface area contributed by atoms with Gasteiger partial charge < -0.3 is 10.0 Å². The summed E-state index contributed by atoms with van der Waals surface area (Å²) in [5, 5.41) is 13.4. The molecule has 1 aromatic heterocycles. The lowest BCUT2D eigenvalue weighted by atomic mass is 10.0. The summed E-state index contributed by atoms with van der Waals surface area (Å²) in [6, 6.07) is 0. The zero-order valence-corrected chi connectivity index (χ0v) is 10.8. The molecule has 0 spiro atoms. The number of carboxylic acid groups (broad SMARTS) is 1. The molecule has 0 saturated heterocycles. The first kappa shape index (κ1) is 12.6. The van der Waals surface area contributed by atoms with Crippen LogP contribution in [-0.4, -0.2) is 38.2 Å². The van der Waals surface area contributed by atoms with E-state index in [1.165, 1.54) is 4.68 Å². The summed E-state index contributed by atoms with van der Waals surface area (Å²) in [6.07, 6.45) is 0.620. The van der Waals surface area contributed by atoms with Crippen LogP contribution >= 0.6 is 0 Å². The molecule has 0 saturated carbocycles. The normalized spacial score (nSPS) is 14.8. The number of carbonyl (C=O) groups excluding carboxylic acids is 1. The van der Waals surface area contributed by atoms with Gasteiger partial charge >= 0.3 is 5.97 Å². The molecule has 0 bridgehead atoms. The van der Waals surface area contributed by atoms with Gasteiger partial charge in [0.05, 0.1) is 5.69 Å². The molecule has 18 heavy (non-hydrogen) atoms. The minimum atomic E-state index is -0.995. The highest BCUT2D eigenvalue weighted by atomic mass is 16.4. The molecule has 2 heterocycles. The van der Waals surface area contributed by atoms with E-state index in [0.717, 1.165) is 5.69 Å². The number of fused-ring (bicyclic) bond motifs is 1. The van der Waals surface area contributed by atoms with Crippen LogP contribution in [0, 0.1) is 5.92 Å². The number of nitrogens with zero attached hydrogens (tertiary/aromatic N) is 3. The summed E-state index contributed by atoms with van der Waals surface area (Å²) in [5.41, 5.74) is 1.65. The van der Waals surface area contributed by atoms with Gasteiger partial charge in [-0.1, -0.05) is 13.8 Å². The van der Waals surface area contributed by atoms with Crippen LogP contribution in [0.5, 0.6) is 0 Å². The number of amides is 1. The van der Waals surface area contributed by atoms with E-state index in [0.29, 0.717) is 25.1 Å². The van der Waals surface area contributed by atoms with Gasteiger partial charge in [0.15, 0.2) is 5.69 Å². The lowest BCUT2D eigenvalue weighted by molar-refractivity contribution is -0.135. The number of carboxylic acids is 1. The third-order valence-electron chi connectivity index (χ3n) is 3.20. The molecule has 6 nitrogen and oxygen atoms in total. The topological polar surface area (TPSA) is 75.4 Å². The number of rotatable bonds is 2. The van der Waals surface area contributed by atoms with Gasteiger partial charge in [-0.25, -0.2) is 4.79 Å². The first-order chi connectivity index (χ1) is 8.41. The number of aromatic nitrogens is 2. The van der Waals surface area contributed by atoms with Crippen LogP contribution in [-0.2, 0) is 24.8 Å². The van der Waals surface area contributed by atoms with Crippen molar-refractivity contribution in [1.82, 2.24) is 14.7 Å². The van der Waals surface area contributed by atoms with Crippen LogP contribution in [0.15, 0.2) is 0 Å². The third kappa shape index (κ3) is 1.98. The van der Waals surface area contributed by atoms with Gasteiger partial charge in [0, 0.05) is 38.0 Å². The maximum atomic E-state index is 11.9. The van der Waals surface area contributed by atoms with Crippen molar-refractivity contribution < 1.29 is 14.7 Å². The van der Waals surface area contributed by atoms with Crippen molar-refractivity contribution in [2.75, 3.05) is 6.54 Å². The van der Waals surface area contributed by atoms with Gasteiger partial charge in [-0.15, -0.1) is 0 Å². The molecule has 0 aromatic carbocycles. The zero-order valence-electron chi connectivity index (χ0n) is 10.8. The highest BCUT2D eigenvalue weighted by molar-refractivity contribution is 5.88. The first-order valence-corrected chi connectivity index (χ1v) is 5.98. The highest BCUT2D eigenvalue weighted by Gasteiger charge is 2.29. The number of hydrogen-bond acceptors (Lipinski definition) is 3. The Balaban J connectivity index is 2.33. The van der Waals surface area contributed by atoms with Crippen LogP contribution in [0.2, 0.25) is 0 Å². The van der Waals surface area contributed by atoms with E-state index in [1.807, 2.05) is 13.8 Å². The van der Waals surface area contributed by atoms with Crippen molar-refractivity contribution in [2.45, 2.75) is 26.8 Å². The van der Waals surface area contributed by atoms with E-state index >= 15 is 0 Å². The predicted molar refractivity (Wildman–Crippen MR) is 64.1 cm³/mol. The Hall–Kier alpha value is -1.85. The second kappa shape index (κ2) is 4.44. The van der Waals surface area contributed by atoms with Crippen molar-refractivity contribution >= 4 is 11.9 Å². The smallest absolute Gasteiger partial charge is 0.354 e. The summed E-state index contributed by atoms with van der Waals surface area (Å²) in [5.74, 6) is -1.01. The Morgan fingerprint density at radius 3 is 2.61 bits per heavy atom. The van der Waals surface area contributed by atoms with E-state index in [2.05, 4.69) is 5.10 Å². The van der Waals surface area contributed by atoms with Crippen molar-refractivity contribution in [2.24, 2.45) is 13.0 Å². The highest BCUT2D eigenvalue weighted by Crippen LogP contribution is 2.23. The zero-order chi connectivity index (χ0) is 13.4. The van der Waals surface area contributed by atoms with Gasteiger partial charge in [0.1, 0.15) is 0 Å². The molecule has 1 N–H and O–H groups in total. The Labute approximate surface area is 105 Å². The standard InChI is InChI=1S/C12H17N3O3/c1-7(2)11(16)15-5-4-9-8(6-15)10(12(17)18)14(3)13-9/h7H,4-6H2,1-3H3,(H,17,18). The van der Waals surface area contributed by atoms with Crippen LogP contribution in [0.3, 0.4) is 0 Å². The van der Waals surface area contributed by atoms with Crippen molar-refractivity contribution in [1.29, 1.82) is 0 Å². The maximum absolute atomic E-state index is 11.9. The van der Waals surface area contributed by atoms with E-state index < -0.39 is 5.97 Å². The molecule has 0 radical (unpaired) electrons. The second-order valence-corrected chi connectivity index (χ2v) is 4.87. The molecule has 1 aromatic rings. The summed E-state index contributed by atoms with van der Waals surface area (Å²) < 4.78 is 1.39. The quantitative estimate of drug-likeness (QED) is 0.837. The molecule has 2 rings (SSSR count). The molecule has 98 valence electrons. The van der Waals surface area contributed by atoms with Crippen molar-refractivity contribution in [3.63, 3.8) is 0 Å². The fourth-order valence-corrected chi connectivity index (χ4v) is 2.32. The van der Waals surface area contributed by atoms with E-state index in [9.17, 15) is 14.7 Å². The van der Waals surface area contributed by atoms with Gasteiger partial charge in [-0.05, 0) is 0 Å². The molecular formula is C12H17N3O3. The minimum absolute atomic E-state index is 0.0563. The summed E-state index contributed by atoms with van der Waals surface area (Å²) in [4.78, 5) is 24.9. The minimum Gasteiger partial charge on any atom is -0.477 e. The average molecular weight is 251 g/mol. The van der Waals surface area contributed by atoms with Crippen LogP contribution in [0.1, 0.15) is 35.6 Å².